The highest BCUT2D eigenvalue weighted by atomic mass is 19.4. The lowest BCUT2D eigenvalue weighted by Gasteiger charge is -2.03. The molecule has 0 aromatic carbocycles. The summed E-state index contributed by atoms with van der Waals surface area (Å²) in [6.45, 7) is 0. The first-order valence-electron chi connectivity index (χ1n) is 5.52. The standard InChI is InChI=1S/C10H14F3N3/c11-10(12,13)6-5-8-14-9(16-15-8)7-3-1-2-4-7/h7H,1-6H2,(H,14,15,16). The zero-order valence-electron chi connectivity index (χ0n) is 8.85. The first-order valence-corrected chi connectivity index (χ1v) is 5.52. The molecule has 1 saturated carbocycles. The van der Waals surface area contributed by atoms with Gasteiger partial charge in [0, 0.05) is 12.3 Å². The molecular weight excluding hydrogens is 219 g/mol. The minimum absolute atomic E-state index is 0.108. The van der Waals surface area contributed by atoms with Gasteiger partial charge in [-0.25, -0.2) is 4.98 Å². The summed E-state index contributed by atoms with van der Waals surface area (Å²) < 4.78 is 36.0. The van der Waals surface area contributed by atoms with Gasteiger partial charge in [0.25, 0.3) is 0 Å². The number of rotatable bonds is 3. The van der Waals surface area contributed by atoms with E-state index in [2.05, 4.69) is 15.2 Å². The van der Waals surface area contributed by atoms with Gasteiger partial charge in [0.15, 0.2) is 5.82 Å². The maximum atomic E-state index is 12.0. The summed E-state index contributed by atoms with van der Waals surface area (Å²) >= 11 is 0. The molecule has 2 rings (SSSR count). The van der Waals surface area contributed by atoms with Gasteiger partial charge in [0.2, 0.25) is 0 Å². The summed E-state index contributed by atoms with van der Waals surface area (Å²) in [5, 5.41) is 6.59. The number of aromatic nitrogens is 3. The molecule has 1 N–H and O–H groups in total. The van der Waals surface area contributed by atoms with Gasteiger partial charge in [-0.05, 0) is 12.8 Å². The van der Waals surface area contributed by atoms with E-state index >= 15 is 0 Å². The van der Waals surface area contributed by atoms with Crippen LogP contribution >= 0.6 is 0 Å². The Kier molecular flexibility index (Phi) is 3.16. The Hall–Kier alpha value is -1.07. The third kappa shape index (κ3) is 2.96. The van der Waals surface area contributed by atoms with Gasteiger partial charge >= 0.3 is 6.18 Å². The monoisotopic (exact) mass is 233 g/mol. The molecule has 1 aliphatic rings. The fourth-order valence-electron chi connectivity index (χ4n) is 2.05. The van der Waals surface area contributed by atoms with Gasteiger partial charge in [0.05, 0.1) is 6.42 Å². The number of hydrogen-bond donors (Lipinski definition) is 1. The Morgan fingerprint density at radius 2 is 1.94 bits per heavy atom. The Morgan fingerprint density at radius 3 is 2.56 bits per heavy atom. The average molecular weight is 233 g/mol. The molecule has 0 saturated heterocycles. The van der Waals surface area contributed by atoms with Crippen LogP contribution in [0.2, 0.25) is 0 Å². The lowest BCUT2D eigenvalue weighted by atomic mass is 10.1. The van der Waals surface area contributed by atoms with Crippen molar-refractivity contribution < 1.29 is 13.2 Å². The lowest BCUT2D eigenvalue weighted by molar-refractivity contribution is -0.134. The predicted molar refractivity (Wildman–Crippen MR) is 52.0 cm³/mol. The van der Waals surface area contributed by atoms with E-state index in [1.807, 2.05) is 0 Å². The van der Waals surface area contributed by atoms with Crippen LogP contribution in [0.1, 0.15) is 49.7 Å². The van der Waals surface area contributed by atoms with Crippen LogP contribution in [0.3, 0.4) is 0 Å². The Morgan fingerprint density at radius 1 is 1.25 bits per heavy atom. The van der Waals surface area contributed by atoms with E-state index in [-0.39, 0.29) is 6.42 Å². The van der Waals surface area contributed by atoms with Crippen molar-refractivity contribution in [2.24, 2.45) is 0 Å². The molecule has 0 radical (unpaired) electrons. The summed E-state index contributed by atoms with van der Waals surface area (Å²) in [7, 11) is 0. The van der Waals surface area contributed by atoms with E-state index in [1.165, 1.54) is 0 Å². The maximum absolute atomic E-state index is 12.0. The van der Waals surface area contributed by atoms with Crippen LogP contribution in [0.15, 0.2) is 0 Å². The minimum atomic E-state index is -4.12. The van der Waals surface area contributed by atoms with E-state index in [1.54, 1.807) is 0 Å². The highest BCUT2D eigenvalue weighted by molar-refractivity contribution is 5.00. The summed E-state index contributed by atoms with van der Waals surface area (Å²) in [6, 6.07) is 0. The Balaban J connectivity index is 1.91. The van der Waals surface area contributed by atoms with Crippen molar-refractivity contribution in [1.82, 2.24) is 15.2 Å². The number of aromatic amines is 1. The Labute approximate surface area is 91.5 Å². The Bertz CT molecular complexity index is 339. The van der Waals surface area contributed by atoms with Crippen molar-refractivity contribution >= 4 is 0 Å². The number of H-pyrrole nitrogens is 1. The van der Waals surface area contributed by atoms with Crippen LogP contribution in [0.25, 0.3) is 0 Å². The fourth-order valence-corrected chi connectivity index (χ4v) is 2.05. The number of halogens is 3. The SMILES string of the molecule is FC(F)(F)CCc1nc(C2CCCC2)n[nH]1. The molecule has 0 bridgehead atoms. The number of nitrogens with zero attached hydrogens (tertiary/aromatic N) is 2. The van der Waals surface area contributed by atoms with Crippen molar-refractivity contribution in [1.29, 1.82) is 0 Å². The van der Waals surface area contributed by atoms with Crippen molar-refractivity contribution in [3.8, 4) is 0 Å². The quantitative estimate of drug-likeness (QED) is 0.872. The second kappa shape index (κ2) is 4.43. The van der Waals surface area contributed by atoms with Crippen molar-refractivity contribution in [3.05, 3.63) is 11.6 Å². The predicted octanol–water partition coefficient (Wildman–Crippen LogP) is 2.96. The van der Waals surface area contributed by atoms with Crippen LogP contribution < -0.4 is 0 Å². The molecule has 0 spiro atoms. The van der Waals surface area contributed by atoms with Crippen LogP contribution in [0, 0.1) is 0 Å². The molecule has 1 aromatic heterocycles. The van der Waals surface area contributed by atoms with E-state index < -0.39 is 12.6 Å². The third-order valence-electron chi connectivity index (χ3n) is 2.91. The van der Waals surface area contributed by atoms with Gasteiger partial charge in [-0.15, -0.1) is 0 Å². The smallest absolute Gasteiger partial charge is 0.263 e. The number of alkyl halides is 3. The molecular formula is C10H14F3N3. The molecule has 1 fully saturated rings. The molecule has 1 aromatic rings. The molecule has 16 heavy (non-hydrogen) atoms. The number of hydrogen-bond acceptors (Lipinski definition) is 2. The molecule has 90 valence electrons. The molecule has 1 aliphatic carbocycles. The minimum Gasteiger partial charge on any atom is -0.263 e. The van der Waals surface area contributed by atoms with E-state index in [9.17, 15) is 13.2 Å². The second-order valence-corrected chi connectivity index (χ2v) is 4.24. The first kappa shape index (κ1) is 11.4. The fraction of sp³-hybridized carbons (Fsp3) is 0.800. The first-order chi connectivity index (χ1) is 7.54. The van der Waals surface area contributed by atoms with Gasteiger partial charge in [-0.2, -0.15) is 18.3 Å². The van der Waals surface area contributed by atoms with Crippen molar-refractivity contribution in [3.63, 3.8) is 0 Å². The van der Waals surface area contributed by atoms with Gasteiger partial charge in [-0.1, -0.05) is 12.8 Å². The molecule has 0 atom stereocenters. The molecule has 3 nitrogen and oxygen atoms in total. The van der Waals surface area contributed by atoms with Crippen LogP contribution in [0.5, 0.6) is 0 Å². The molecule has 1 heterocycles. The zero-order valence-corrected chi connectivity index (χ0v) is 8.85. The summed E-state index contributed by atoms with van der Waals surface area (Å²) in [5.41, 5.74) is 0. The van der Waals surface area contributed by atoms with Crippen LogP contribution in [-0.4, -0.2) is 21.4 Å². The highest BCUT2D eigenvalue weighted by Gasteiger charge is 2.28. The molecule has 6 heteroatoms. The third-order valence-corrected chi connectivity index (χ3v) is 2.91. The van der Waals surface area contributed by atoms with Gasteiger partial charge in [-0.3, -0.25) is 5.10 Å². The van der Waals surface area contributed by atoms with Crippen LogP contribution in [0.4, 0.5) is 13.2 Å². The van der Waals surface area contributed by atoms with Crippen LogP contribution in [-0.2, 0) is 6.42 Å². The molecule has 0 aliphatic heterocycles. The van der Waals surface area contributed by atoms with E-state index in [0.29, 0.717) is 17.6 Å². The van der Waals surface area contributed by atoms with Crippen molar-refractivity contribution in [2.45, 2.75) is 50.6 Å². The maximum Gasteiger partial charge on any atom is 0.389 e. The van der Waals surface area contributed by atoms with Crippen molar-refractivity contribution in [2.75, 3.05) is 0 Å². The second-order valence-electron chi connectivity index (χ2n) is 4.24. The molecule has 0 unspecified atom stereocenters. The lowest BCUT2D eigenvalue weighted by Crippen LogP contribution is -2.09. The summed E-state index contributed by atoms with van der Waals surface area (Å²) in [4.78, 5) is 4.13. The number of aryl methyl sites for hydroxylation is 1. The molecule has 0 amide bonds. The zero-order chi connectivity index (χ0) is 11.6. The summed E-state index contributed by atoms with van der Waals surface area (Å²) in [6.07, 6.45) is -0.642. The van der Waals surface area contributed by atoms with Gasteiger partial charge < -0.3 is 0 Å². The van der Waals surface area contributed by atoms with Gasteiger partial charge in [0.1, 0.15) is 5.82 Å². The topological polar surface area (TPSA) is 41.6 Å². The van der Waals surface area contributed by atoms with E-state index in [4.69, 9.17) is 0 Å². The van der Waals surface area contributed by atoms with E-state index in [0.717, 1.165) is 25.7 Å². The number of nitrogens with one attached hydrogen (secondary N) is 1. The highest BCUT2D eigenvalue weighted by Crippen LogP contribution is 2.32. The average Bonchev–Trinajstić information content (AvgIpc) is 2.84. The normalized spacial score (nSPS) is 18.2. The largest absolute Gasteiger partial charge is 0.389 e. The summed E-state index contributed by atoms with van der Waals surface area (Å²) in [5.74, 6) is 1.38.